The van der Waals surface area contributed by atoms with Crippen molar-refractivity contribution >= 4 is 16.7 Å². The number of likely N-dealkylation sites (tertiary alicyclic amines) is 1. The van der Waals surface area contributed by atoms with Crippen molar-refractivity contribution in [1.82, 2.24) is 9.88 Å². The molecule has 1 aliphatic carbocycles. The number of piperidine rings is 1. The van der Waals surface area contributed by atoms with Gasteiger partial charge in [-0.05, 0) is 54.5 Å². The van der Waals surface area contributed by atoms with Crippen molar-refractivity contribution in [3.05, 3.63) is 66.4 Å². The first-order chi connectivity index (χ1) is 13.8. The van der Waals surface area contributed by atoms with Crippen LogP contribution < -0.4 is 0 Å². The fourth-order valence-corrected chi connectivity index (χ4v) is 5.18. The van der Waals surface area contributed by atoms with Gasteiger partial charge < -0.3 is 4.90 Å². The van der Waals surface area contributed by atoms with Crippen LogP contribution in [0.5, 0.6) is 0 Å². The minimum absolute atomic E-state index is 0.110. The lowest BCUT2D eigenvalue weighted by Gasteiger charge is -2.44. The van der Waals surface area contributed by atoms with Gasteiger partial charge in [-0.3, -0.25) is 4.79 Å². The number of carbonyl (C=O) groups is 1. The fraction of sp³-hybridized carbons (Fsp3) is 0.360. The third-order valence-corrected chi connectivity index (χ3v) is 6.54. The van der Waals surface area contributed by atoms with Crippen LogP contribution in [-0.2, 0) is 0 Å². The van der Waals surface area contributed by atoms with Crippen molar-refractivity contribution in [2.75, 3.05) is 6.54 Å². The number of aromatic nitrogens is 1. The van der Waals surface area contributed by atoms with E-state index in [2.05, 4.69) is 47.4 Å². The number of nitrogens with zero attached hydrogens (tertiary/aromatic N) is 2. The zero-order chi connectivity index (χ0) is 18.9. The average Bonchev–Trinajstić information content (AvgIpc) is 2.78. The van der Waals surface area contributed by atoms with E-state index in [4.69, 9.17) is 4.98 Å². The highest BCUT2D eigenvalue weighted by atomic mass is 16.2. The van der Waals surface area contributed by atoms with Gasteiger partial charge in [0.2, 0.25) is 0 Å². The van der Waals surface area contributed by atoms with Gasteiger partial charge in [0.1, 0.15) is 5.69 Å². The topological polar surface area (TPSA) is 33.2 Å². The molecule has 2 aromatic carbocycles. The Hall–Kier alpha value is -2.68. The monoisotopic (exact) mass is 370 g/mol. The summed E-state index contributed by atoms with van der Waals surface area (Å²) in [5.74, 6) is 0.798. The Bertz CT molecular complexity index is 1000. The van der Waals surface area contributed by atoms with E-state index in [-0.39, 0.29) is 5.91 Å². The molecule has 1 amide bonds. The van der Waals surface area contributed by atoms with Crippen molar-refractivity contribution in [1.29, 1.82) is 0 Å². The lowest BCUT2D eigenvalue weighted by molar-refractivity contribution is 0.0385. The molecule has 3 aromatic rings. The van der Waals surface area contributed by atoms with Crippen LogP contribution in [-0.4, -0.2) is 28.4 Å². The molecule has 142 valence electrons. The molecule has 0 bridgehead atoms. The smallest absolute Gasteiger partial charge is 0.272 e. The molecule has 2 fully saturated rings. The first-order valence-electron chi connectivity index (χ1n) is 10.6. The number of benzene rings is 2. The van der Waals surface area contributed by atoms with E-state index in [1.807, 2.05) is 18.2 Å². The van der Waals surface area contributed by atoms with Crippen LogP contribution in [0.25, 0.3) is 22.0 Å². The van der Waals surface area contributed by atoms with Gasteiger partial charge in [0.15, 0.2) is 0 Å². The predicted molar refractivity (Wildman–Crippen MR) is 113 cm³/mol. The van der Waals surface area contributed by atoms with Gasteiger partial charge in [-0.25, -0.2) is 4.98 Å². The number of amides is 1. The van der Waals surface area contributed by atoms with Crippen molar-refractivity contribution in [2.24, 2.45) is 5.92 Å². The van der Waals surface area contributed by atoms with E-state index < -0.39 is 0 Å². The second-order valence-corrected chi connectivity index (χ2v) is 8.19. The highest BCUT2D eigenvalue weighted by Crippen LogP contribution is 2.36. The molecule has 3 nitrogen and oxygen atoms in total. The van der Waals surface area contributed by atoms with Crippen molar-refractivity contribution in [3.63, 3.8) is 0 Å². The van der Waals surface area contributed by atoms with E-state index in [0.29, 0.717) is 17.7 Å². The molecule has 2 heterocycles. The SMILES string of the molecule is O=C(c1cccc(-c2cccc3ccccc23)n1)N1CCCC2CCCCC21. The Labute approximate surface area is 166 Å². The summed E-state index contributed by atoms with van der Waals surface area (Å²) in [4.78, 5) is 20.3. The molecule has 1 saturated carbocycles. The number of rotatable bonds is 2. The Morgan fingerprint density at radius 2 is 1.64 bits per heavy atom. The van der Waals surface area contributed by atoms with E-state index in [1.54, 1.807) is 0 Å². The van der Waals surface area contributed by atoms with Crippen LogP contribution in [0.4, 0.5) is 0 Å². The van der Waals surface area contributed by atoms with Crippen LogP contribution in [0.15, 0.2) is 60.7 Å². The molecule has 0 spiro atoms. The number of pyridine rings is 1. The maximum Gasteiger partial charge on any atom is 0.272 e. The Morgan fingerprint density at radius 1 is 0.857 bits per heavy atom. The summed E-state index contributed by atoms with van der Waals surface area (Å²) in [5.41, 5.74) is 2.54. The van der Waals surface area contributed by atoms with E-state index in [1.165, 1.54) is 36.5 Å². The molecule has 0 radical (unpaired) electrons. The van der Waals surface area contributed by atoms with Gasteiger partial charge >= 0.3 is 0 Å². The highest BCUT2D eigenvalue weighted by Gasteiger charge is 2.36. The molecule has 5 rings (SSSR count). The lowest BCUT2D eigenvalue weighted by Crippen LogP contribution is -2.49. The third-order valence-electron chi connectivity index (χ3n) is 6.54. The van der Waals surface area contributed by atoms with E-state index >= 15 is 0 Å². The molecule has 28 heavy (non-hydrogen) atoms. The molecular weight excluding hydrogens is 344 g/mol. The normalized spacial score (nSPS) is 22.1. The Kier molecular flexibility index (Phi) is 4.59. The maximum atomic E-state index is 13.4. The molecule has 2 aliphatic rings. The summed E-state index contributed by atoms with van der Waals surface area (Å²) in [6, 6.07) is 20.9. The van der Waals surface area contributed by atoms with Crippen LogP contribution in [0.3, 0.4) is 0 Å². The first-order valence-corrected chi connectivity index (χ1v) is 10.6. The summed E-state index contributed by atoms with van der Waals surface area (Å²) < 4.78 is 0. The quantitative estimate of drug-likeness (QED) is 0.580. The summed E-state index contributed by atoms with van der Waals surface area (Å²) in [6.45, 7) is 0.875. The summed E-state index contributed by atoms with van der Waals surface area (Å²) >= 11 is 0. The van der Waals surface area contributed by atoms with Gasteiger partial charge in [0.05, 0.1) is 5.69 Å². The molecule has 0 N–H and O–H groups in total. The van der Waals surface area contributed by atoms with Gasteiger partial charge in [-0.2, -0.15) is 0 Å². The number of carbonyl (C=O) groups excluding carboxylic acids is 1. The average molecular weight is 370 g/mol. The van der Waals surface area contributed by atoms with Gasteiger partial charge in [-0.15, -0.1) is 0 Å². The minimum Gasteiger partial charge on any atom is -0.334 e. The molecule has 1 aliphatic heterocycles. The molecule has 1 aromatic heterocycles. The summed E-state index contributed by atoms with van der Waals surface area (Å²) in [6.07, 6.45) is 7.39. The van der Waals surface area contributed by atoms with Crippen molar-refractivity contribution in [2.45, 2.75) is 44.6 Å². The van der Waals surface area contributed by atoms with Crippen LogP contribution in [0, 0.1) is 5.92 Å². The molecule has 1 saturated heterocycles. The standard InChI is InChI=1S/C25H26N2O/c28-25(27-17-7-11-19-9-2-4-16-24(19)27)23-15-6-14-22(26-23)21-13-5-10-18-8-1-3-12-20(18)21/h1,3,5-6,8,10,12-15,19,24H,2,4,7,9,11,16-17H2. The van der Waals surface area contributed by atoms with E-state index in [0.717, 1.165) is 30.6 Å². The fourth-order valence-electron chi connectivity index (χ4n) is 5.18. The summed E-state index contributed by atoms with van der Waals surface area (Å²) in [5, 5.41) is 2.37. The Morgan fingerprint density at radius 3 is 2.61 bits per heavy atom. The van der Waals surface area contributed by atoms with Gasteiger partial charge in [0.25, 0.3) is 5.91 Å². The van der Waals surface area contributed by atoms with Crippen molar-refractivity contribution in [3.8, 4) is 11.3 Å². The second kappa shape index (κ2) is 7.38. The van der Waals surface area contributed by atoms with E-state index in [9.17, 15) is 4.79 Å². The predicted octanol–water partition coefficient (Wildman–Crippen LogP) is 5.70. The van der Waals surface area contributed by atoms with Crippen LogP contribution in [0.1, 0.15) is 49.0 Å². The first kappa shape index (κ1) is 17.4. The zero-order valence-electron chi connectivity index (χ0n) is 16.2. The zero-order valence-corrected chi connectivity index (χ0v) is 16.2. The summed E-state index contributed by atoms with van der Waals surface area (Å²) in [7, 11) is 0. The maximum absolute atomic E-state index is 13.4. The Balaban J connectivity index is 1.49. The van der Waals surface area contributed by atoms with Crippen molar-refractivity contribution < 1.29 is 4.79 Å². The largest absolute Gasteiger partial charge is 0.334 e. The minimum atomic E-state index is 0.110. The number of hydrogen-bond acceptors (Lipinski definition) is 2. The third kappa shape index (κ3) is 3.09. The highest BCUT2D eigenvalue weighted by molar-refractivity contribution is 5.97. The number of fused-ring (bicyclic) bond motifs is 2. The second-order valence-electron chi connectivity index (χ2n) is 8.19. The van der Waals surface area contributed by atoms with Gasteiger partial charge in [-0.1, -0.05) is 61.4 Å². The lowest BCUT2D eigenvalue weighted by atomic mass is 9.78. The molecule has 2 unspecified atom stereocenters. The molecule has 2 atom stereocenters. The molecule has 3 heteroatoms. The van der Waals surface area contributed by atoms with Crippen LogP contribution >= 0.6 is 0 Å². The number of hydrogen-bond donors (Lipinski definition) is 0. The van der Waals surface area contributed by atoms with Crippen LogP contribution in [0.2, 0.25) is 0 Å². The molecular formula is C25H26N2O. The van der Waals surface area contributed by atoms with Gasteiger partial charge in [0, 0.05) is 18.2 Å².